The van der Waals surface area contributed by atoms with E-state index in [4.69, 9.17) is 9.84 Å². The number of anilines is 1. The van der Waals surface area contributed by atoms with Crippen LogP contribution < -0.4 is 5.32 Å². The molecule has 30 heavy (non-hydrogen) atoms. The van der Waals surface area contributed by atoms with Gasteiger partial charge in [-0.2, -0.15) is 0 Å². The van der Waals surface area contributed by atoms with Gasteiger partial charge in [-0.3, -0.25) is 14.6 Å². The van der Waals surface area contributed by atoms with Gasteiger partial charge in [0.25, 0.3) is 0 Å². The van der Waals surface area contributed by atoms with Crippen LogP contribution in [-0.4, -0.2) is 79.3 Å². The minimum absolute atomic E-state index is 0.142. The molecule has 1 fully saturated rings. The summed E-state index contributed by atoms with van der Waals surface area (Å²) in [6, 6.07) is 9.69. The zero-order valence-electron chi connectivity index (χ0n) is 17.5. The maximum Gasteiger partial charge on any atom is 0.341 e. The van der Waals surface area contributed by atoms with Gasteiger partial charge in [0.15, 0.2) is 0 Å². The third-order valence-corrected chi connectivity index (χ3v) is 6.15. The molecule has 3 rings (SSSR count). The lowest BCUT2D eigenvalue weighted by Crippen LogP contribution is -2.49. The molecule has 1 saturated heterocycles. The van der Waals surface area contributed by atoms with Gasteiger partial charge in [-0.1, -0.05) is 30.3 Å². The second-order valence-electron chi connectivity index (χ2n) is 7.21. The molecule has 2 aromatic rings. The van der Waals surface area contributed by atoms with Gasteiger partial charge in [0.05, 0.1) is 19.8 Å². The maximum atomic E-state index is 12.7. The SMILES string of the molecule is CCOC(=O)c1c(NC(=O)CN2CCN(CCO)CC2)sc(C)c1-c1ccccc1. The molecular weight excluding hydrogens is 402 g/mol. The van der Waals surface area contributed by atoms with Crippen molar-refractivity contribution in [2.75, 3.05) is 57.8 Å². The third kappa shape index (κ3) is 5.46. The van der Waals surface area contributed by atoms with E-state index >= 15 is 0 Å². The monoisotopic (exact) mass is 431 g/mol. The maximum absolute atomic E-state index is 12.7. The number of hydrogen-bond donors (Lipinski definition) is 2. The van der Waals surface area contributed by atoms with Crippen LogP contribution in [0.4, 0.5) is 5.00 Å². The average Bonchev–Trinajstić information content (AvgIpc) is 3.06. The molecule has 7 nitrogen and oxygen atoms in total. The third-order valence-electron chi connectivity index (χ3n) is 5.13. The lowest BCUT2D eigenvalue weighted by atomic mass is 10.0. The van der Waals surface area contributed by atoms with Crippen molar-refractivity contribution >= 4 is 28.2 Å². The number of aryl methyl sites for hydroxylation is 1. The van der Waals surface area contributed by atoms with Crippen LogP contribution in [0, 0.1) is 6.92 Å². The van der Waals surface area contributed by atoms with E-state index in [-0.39, 0.29) is 25.7 Å². The van der Waals surface area contributed by atoms with Crippen molar-refractivity contribution in [2.45, 2.75) is 13.8 Å². The Balaban J connectivity index is 1.75. The normalized spacial score (nSPS) is 15.2. The fraction of sp³-hybridized carbons (Fsp3) is 0.455. The molecule has 162 valence electrons. The molecule has 0 atom stereocenters. The van der Waals surface area contributed by atoms with Crippen molar-refractivity contribution in [2.24, 2.45) is 0 Å². The van der Waals surface area contributed by atoms with Crippen LogP contribution in [0.1, 0.15) is 22.2 Å². The number of nitrogens with zero attached hydrogens (tertiary/aromatic N) is 2. The van der Waals surface area contributed by atoms with Crippen molar-refractivity contribution < 1.29 is 19.4 Å². The van der Waals surface area contributed by atoms with Crippen molar-refractivity contribution in [3.8, 4) is 11.1 Å². The number of esters is 1. The molecule has 0 spiro atoms. The fourth-order valence-electron chi connectivity index (χ4n) is 3.66. The first-order chi connectivity index (χ1) is 14.5. The Bertz CT molecular complexity index is 861. The van der Waals surface area contributed by atoms with Gasteiger partial charge in [0.2, 0.25) is 5.91 Å². The molecule has 1 amide bonds. The zero-order chi connectivity index (χ0) is 21.5. The minimum atomic E-state index is -0.423. The van der Waals surface area contributed by atoms with E-state index in [2.05, 4.69) is 15.1 Å². The quantitative estimate of drug-likeness (QED) is 0.625. The summed E-state index contributed by atoms with van der Waals surface area (Å²) in [5, 5.41) is 12.5. The van der Waals surface area contributed by atoms with E-state index in [9.17, 15) is 9.59 Å². The largest absolute Gasteiger partial charge is 0.462 e. The Morgan fingerprint density at radius 3 is 2.43 bits per heavy atom. The standard InChI is InChI=1S/C22H29N3O4S/c1-3-29-22(28)20-19(17-7-5-4-6-8-17)16(2)30-21(20)23-18(27)15-25-11-9-24(10-12-25)13-14-26/h4-8,26H,3,9-15H2,1-2H3,(H,23,27). The number of thiophene rings is 1. The Kier molecular flexibility index (Phi) is 7.98. The number of amides is 1. The first kappa shape index (κ1) is 22.4. The summed E-state index contributed by atoms with van der Waals surface area (Å²) in [5.74, 6) is -0.564. The molecule has 2 heterocycles. The number of hydrogen-bond acceptors (Lipinski definition) is 7. The summed E-state index contributed by atoms with van der Waals surface area (Å²) >= 11 is 1.40. The van der Waals surface area contributed by atoms with Gasteiger partial charge in [-0.25, -0.2) is 4.79 Å². The van der Waals surface area contributed by atoms with Crippen LogP contribution in [0.3, 0.4) is 0 Å². The molecule has 2 N–H and O–H groups in total. The number of carbonyl (C=O) groups excluding carboxylic acids is 2. The summed E-state index contributed by atoms with van der Waals surface area (Å²) in [4.78, 5) is 30.7. The molecule has 1 aliphatic rings. The van der Waals surface area contributed by atoms with E-state index in [1.54, 1.807) is 6.92 Å². The second-order valence-corrected chi connectivity index (χ2v) is 8.44. The average molecular weight is 432 g/mol. The van der Waals surface area contributed by atoms with Gasteiger partial charge in [-0.15, -0.1) is 11.3 Å². The second kappa shape index (κ2) is 10.7. The number of benzene rings is 1. The van der Waals surface area contributed by atoms with E-state index in [1.807, 2.05) is 37.3 Å². The number of nitrogens with one attached hydrogen (secondary N) is 1. The van der Waals surface area contributed by atoms with E-state index in [0.29, 0.717) is 17.1 Å². The van der Waals surface area contributed by atoms with Crippen LogP contribution in [0.25, 0.3) is 11.1 Å². The molecule has 0 aliphatic carbocycles. The van der Waals surface area contributed by atoms with Crippen LogP contribution in [-0.2, 0) is 9.53 Å². The molecule has 8 heteroatoms. The predicted molar refractivity (Wildman–Crippen MR) is 119 cm³/mol. The summed E-state index contributed by atoms with van der Waals surface area (Å²) in [7, 11) is 0. The molecule has 0 unspecified atom stereocenters. The highest BCUT2D eigenvalue weighted by atomic mass is 32.1. The van der Waals surface area contributed by atoms with Crippen LogP contribution in [0.2, 0.25) is 0 Å². The van der Waals surface area contributed by atoms with E-state index in [0.717, 1.165) is 42.2 Å². The first-order valence-corrected chi connectivity index (χ1v) is 11.1. The number of rotatable bonds is 8. The summed E-state index contributed by atoms with van der Waals surface area (Å²) in [5.41, 5.74) is 2.16. The number of ether oxygens (including phenoxy) is 1. The highest BCUT2D eigenvalue weighted by molar-refractivity contribution is 7.17. The van der Waals surface area contributed by atoms with Gasteiger partial charge in [-0.05, 0) is 19.4 Å². The van der Waals surface area contributed by atoms with Crippen LogP contribution >= 0.6 is 11.3 Å². The Morgan fingerprint density at radius 2 is 1.80 bits per heavy atom. The lowest BCUT2D eigenvalue weighted by molar-refractivity contribution is -0.117. The van der Waals surface area contributed by atoms with E-state index < -0.39 is 5.97 Å². The Hall–Kier alpha value is -2.26. The van der Waals surface area contributed by atoms with Crippen molar-refractivity contribution in [3.05, 3.63) is 40.8 Å². The fourth-order valence-corrected chi connectivity index (χ4v) is 4.75. The molecule has 1 aliphatic heterocycles. The molecule has 1 aromatic heterocycles. The van der Waals surface area contributed by atoms with Crippen LogP contribution in [0.5, 0.6) is 0 Å². The number of piperazine rings is 1. The smallest absolute Gasteiger partial charge is 0.341 e. The minimum Gasteiger partial charge on any atom is -0.462 e. The Labute approximate surface area is 181 Å². The molecule has 0 radical (unpaired) electrons. The van der Waals surface area contributed by atoms with Gasteiger partial charge in [0.1, 0.15) is 10.6 Å². The first-order valence-electron chi connectivity index (χ1n) is 10.2. The van der Waals surface area contributed by atoms with E-state index in [1.165, 1.54) is 11.3 Å². The van der Waals surface area contributed by atoms with Crippen molar-refractivity contribution in [1.29, 1.82) is 0 Å². The zero-order valence-corrected chi connectivity index (χ0v) is 18.3. The Morgan fingerprint density at radius 1 is 1.13 bits per heavy atom. The van der Waals surface area contributed by atoms with Crippen molar-refractivity contribution in [1.82, 2.24) is 9.80 Å². The molecule has 0 bridgehead atoms. The molecule has 1 aromatic carbocycles. The van der Waals surface area contributed by atoms with Gasteiger partial charge >= 0.3 is 5.97 Å². The predicted octanol–water partition coefficient (Wildman–Crippen LogP) is 2.45. The number of carbonyl (C=O) groups is 2. The van der Waals surface area contributed by atoms with Crippen molar-refractivity contribution in [3.63, 3.8) is 0 Å². The van der Waals surface area contributed by atoms with Gasteiger partial charge < -0.3 is 15.2 Å². The molecule has 0 saturated carbocycles. The summed E-state index contributed by atoms with van der Waals surface area (Å²) < 4.78 is 5.29. The number of aliphatic hydroxyl groups is 1. The lowest BCUT2D eigenvalue weighted by Gasteiger charge is -2.33. The highest BCUT2D eigenvalue weighted by Gasteiger charge is 2.26. The number of aliphatic hydroxyl groups excluding tert-OH is 1. The summed E-state index contributed by atoms with van der Waals surface area (Å²) in [6.07, 6.45) is 0. The highest BCUT2D eigenvalue weighted by Crippen LogP contribution is 2.40. The van der Waals surface area contributed by atoms with Gasteiger partial charge in [0, 0.05) is 43.2 Å². The number of β-amino-alcohol motifs (C(OH)–C–C–N with tert-alkyl or cyclic N) is 1. The summed E-state index contributed by atoms with van der Waals surface area (Å²) in [6.45, 7) is 8.29. The van der Waals surface area contributed by atoms with Crippen LogP contribution in [0.15, 0.2) is 30.3 Å². The molecular formula is C22H29N3O4S. The topological polar surface area (TPSA) is 82.1 Å².